The highest BCUT2D eigenvalue weighted by atomic mass is 32.2. The first kappa shape index (κ1) is 12.7. The van der Waals surface area contributed by atoms with E-state index in [-0.39, 0.29) is 17.8 Å². The van der Waals surface area contributed by atoms with E-state index in [0.29, 0.717) is 11.7 Å². The van der Waals surface area contributed by atoms with Gasteiger partial charge in [-0.05, 0) is 32.9 Å². The van der Waals surface area contributed by atoms with Gasteiger partial charge in [0.15, 0.2) is 0 Å². The fourth-order valence-corrected chi connectivity index (χ4v) is 3.78. The molecule has 6 heteroatoms. The van der Waals surface area contributed by atoms with Crippen molar-refractivity contribution in [1.29, 1.82) is 0 Å². The van der Waals surface area contributed by atoms with E-state index in [2.05, 4.69) is 0 Å². The Morgan fingerprint density at radius 3 is 2.53 bits per heavy atom. The summed E-state index contributed by atoms with van der Waals surface area (Å²) >= 11 is 1.62. The quantitative estimate of drug-likeness (QED) is 0.786. The van der Waals surface area contributed by atoms with Crippen molar-refractivity contribution in [3.63, 3.8) is 0 Å². The number of carbonyl (C=O) groups excluding carboxylic acids is 1. The van der Waals surface area contributed by atoms with Gasteiger partial charge in [-0.3, -0.25) is 4.79 Å². The summed E-state index contributed by atoms with van der Waals surface area (Å²) in [5, 5.41) is 9.25. The minimum atomic E-state index is -0.882. The number of amides is 1. The predicted octanol–water partition coefficient (Wildman–Crippen LogP) is 0.313. The normalized spacial score (nSPS) is 28.8. The van der Waals surface area contributed by atoms with E-state index in [9.17, 15) is 9.59 Å². The third-order valence-corrected chi connectivity index (χ3v) is 4.55. The predicted molar refractivity (Wildman–Crippen MR) is 65.8 cm³/mol. The molecule has 2 aliphatic rings. The summed E-state index contributed by atoms with van der Waals surface area (Å²) in [6, 6.07) is -0.641. The van der Waals surface area contributed by atoms with E-state index < -0.39 is 12.0 Å². The third-order valence-electron chi connectivity index (χ3n) is 3.08. The van der Waals surface area contributed by atoms with Crippen molar-refractivity contribution >= 4 is 23.6 Å². The molecule has 0 spiro atoms. The van der Waals surface area contributed by atoms with Crippen LogP contribution in [0.1, 0.15) is 12.8 Å². The number of carboxylic acids is 1. The van der Waals surface area contributed by atoms with Crippen LogP contribution in [0.15, 0.2) is 0 Å². The van der Waals surface area contributed by atoms with Gasteiger partial charge in [0, 0.05) is 5.75 Å². The molecule has 17 heavy (non-hydrogen) atoms. The lowest BCUT2D eigenvalue weighted by Gasteiger charge is -2.28. The second-order valence-corrected chi connectivity index (χ2v) is 6.10. The van der Waals surface area contributed by atoms with Crippen molar-refractivity contribution in [3.8, 4) is 0 Å². The average Bonchev–Trinajstić information content (AvgIpc) is 2.95. The molecule has 2 fully saturated rings. The Morgan fingerprint density at radius 1 is 1.41 bits per heavy atom. The first-order valence-electron chi connectivity index (χ1n) is 5.81. The molecule has 1 N–H and O–H groups in total. The molecule has 0 bridgehead atoms. The fraction of sp³-hybridized carbons (Fsp3) is 0.818. The van der Waals surface area contributed by atoms with Gasteiger partial charge in [0.1, 0.15) is 6.04 Å². The summed E-state index contributed by atoms with van der Waals surface area (Å²) in [6.07, 6.45) is 2.24. The van der Waals surface area contributed by atoms with Gasteiger partial charge in [-0.1, -0.05) is 0 Å². The maximum Gasteiger partial charge on any atom is 0.327 e. The lowest BCUT2D eigenvalue weighted by molar-refractivity contribution is -0.149. The molecular weight excluding hydrogens is 240 g/mol. The third kappa shape index (κ3) is 2.74. The number of nitrogens with zero attached hydrogens (tertiary/aromatic N) is 2. The summed E-state index contributed by atoms with van der Waals surface area (Å²) in [5.41, 5.74) is 0. The molecule has 0 radical (unpaired) electrons. The number of carbonyl (C=O) groups is 2. The minimum absolute atomic E-state index is 0.0655. The van der Waals surface area contributed by atoms with E-state index in [4.69, 9.17) is 5.11 Å². The van der Waals surface area contributed by atoms with Gasteiger partial charge in [0.25, 0.3) is 0 Å². The molecule has 2 atom stereocenters. The number of carboxylic acid groups (broad SMARTS) is 1. The summed E-state index contributed by atoms with van der Waals surface area (Å²) in [5.74, 6) is 0.0860. The highest BCUT2D eigenvalue weighted by molar-refractivity contribution is 8.00. The minimum Gasteiger partial charge on any atom is -0.480 e. The van der Waals surface area contributed by atoms with Gasteiger partial charge in [-0.15, -0.1) is 11.8 Å². The molecular formula is C11H18N2O3S. The highest BCUT2D eigenvalue weighted by Crippen LogP contribution is 2.45. The van der Waals surface area contributed by atoms with Gasteiger partial charge in [-0.25, -0.2) is 4.79 Å². The van der Waals surface area contributed by atoms with Crippen LogP contribution in [-0.4, -0.2) is 64.6 Å². The summed E-state index contributed by atoms with van der Waals surface area (Å²) in [6.45, 7) is 0.285. The van der Waals surface area contributed by atoms with Crippen molar-refractivity contribution in [2.24, 2.45) is 5.92 Å². The molecule has 1 aliphatic carbocycles. The number of hydrogen-bond donors (Lipinski definition) is 1. The van der Waals surface area contributed by atoms with Gasteiger partial charge >= 0.3 is 5.97 Å². The molecule has 1 amide bonds. The Balaban J connectivity index is 2.10. The zero-order valence-electron chi connectivity index (χ0n) is 10.1. The van der Waals surface area contributed by atoms with Gasteiger partial charge < -0.3 is 14.9 Å². The molecule has 0 aromatic carbocycles. The number of likely N-dealkylation sites (N-methyl/N-ethyl adjacent to an activating group) is 1. The van der Waals surface area contributed by atoms with E-state index in [0.717, 1.165) is 12.8 Å². The van der Waals surface area contributed by atoms with Crippen molar-refractivity contribution < 1.29 is 14.7 Å². The van der Waals surface area contributed by atoms with E-state index in [1.54, 1.807) is 21.6 Å². The van der Waals surface area contributed by atoms with Crippen molar-refractivity contribution in [1.82, 2.24) is 9.80 Å². The number of aliphatic carboxylic acids is 1. The smallest absolute Gasteiger partial charge is 0.327 e. The van der Waals surface area contributed by atoms with Crippen LogP contribution >= 0.6 is 11.8 Å². The average molecular weight is 258 g/mol. The Kier molecular flexibility index (Phi) is 3.63. The van der Waals surface area contributed by atoms with Crippen LogP contribution < -0.4 is 0 Å². The Bertz CT molecular complexity index is 331. The number of hydrogen-bond acceptors (Lipinski definition) is 4. The van der Waals surface area contributed by atoms with E-state index in [1.807, 2.05) is 14.1 Å². The summed E-state index contributed by atoms with van der Waals surface area (Å²) in [7, 11) is 3.64. The lowest BCUT2D eigenvalue weighted by atomic mass is 10.2. The van der Waals surface area contributed by atoms with Crippen molar-refractivity contribution in [3.05, 3.63) is 0 Å². The monoisotopic (exact) mass is 258 g/mol. The van der Waals surface area contributed by atoms with Crippen molar-refractivity contribution in [2.45, 2.75) is 24.3 Å². The second-order valence-electron chi connectivity index (χ2n) is 4.95. The Morgan fingerprint density at radius 2 is 2.06 bits per heavy atom. The number of rotatable bonds is 4. The van der Waals surface area contributed by atoms with Crippen LogP contribution in [0.3, 0.4) is 0 Å². The van der Waals surface area contributed by atoms with Gasteiger partial charge in [0.05, 0.1) is 11.9 Å². The molecule has 0 aromatic heterocycles. The van der Waals surface area contributed by atoms with Crippen molar-refractivity contribution in [2.75, 3.05) is 26.4 Å². The van der Waals surface area contributed by atoms with Crippen LogP contribution in [0.5, 0.6) is 0 Å². The summed E-state index contributed by atoms with van der Waals surface area (Å²) in [4.78, 5) is 26.7. The zero-order valence-corrected chi connectivity index (χ0v) is 10.9. The molecule has 0 aromatic rings. The highest BCUT2D eigenvalue weighted by Gasteiger charge is 2.47. The zero-order chi connectivity index (χ0) is 12.6. The van der Waals surface area contributed by atoms with Gasteiger partial charge in [0.2, 0.25) is 5.91 Å². The Labute approximate surface area is 105 Å². The Hall–Kier alpha value is -0.750. The van der Waals surface area contributed by atoms with Gasteiger partial charge in [-0.2, -0.15) is 0 Å². The van der Waals surface area contributed by atoms with Crippen LogP contribution in [0.2, 0.25) is 0 Å². The van der Waals surface area contributed by atoms with Crippen LogP contribution in [0.25, 0.3) is 0 Å². The summed E-state index contributed by atoms with van der Waals surface area (Å²) < 4.78 is 0. The molecule has 5 nitrogen and oxygen atoms in total. The van der Waals surface area contributed by atoms with Crippen LogP contribution in [-0.2, 0) is 9.59 Å². The van der Waals surface area contributed by atoms with Crippen LogP contribution in [0.4, 0.5) is 0 Å². The number of thioether (sulfide) groups is 1. The largest absolute Gasteiger partial charge is 0.480 e. The van der Waals surface area contributed by atoms with E-state index >= 15 is 0 Å². The standard InChI is InChI=1S/C11H18N2O3S/c1-12(2)5-9(14)13-8(11(15)16)6-17-10(13)7-3-4-7/h7-8,10H,3-6H2,1-2H3,(H,15,16). The molecule has 1 aliphatic heterocycles. The molecule has 1 saturated heterocycles. The fourth-order valence-electron chi connectivity index (χ4n) is 2.13. The SMILES string of the molecule is CN(C)CC(=O)N1C(C(=O)O)CSC1C1CC1. The maximum atomic E-state index is 12.1. The second kappa shape index (κ2) is 4.86. The molecule has 1 heterocycles. The van der Waals surface area contributed by atoms with Crippen LogP contribution in [0, 0.1) is 5.92 Å². The lowest BCUT2D eigenvalue weighted by Crippen LogP contribution is -2.49. The molecule has 2 rings (SSSR count). The van der Waals surface area contributed by atoms with E-state index in [1.165, 1.54) is 0 Å². The first-order valence-corrected chi connectivity index (χ1v) is 6.86. The first-order chi connectivity index (χ1) is 8.00. The molecule has 2 unspecified atom stereocenters. The molecule has 1 saturated carbocycles. The molecule has 96 valence electrons. The maximum absolute atomic E-state index is 12.1. The topological polar surface area (TPSA) is 60.9 Å².